The van der Waals surface area contributed by atoms with Crippen LogP contribution in [-0.4, -0.2) is 52.7 Å². The van der Waals surface area contributed by atoms with Crippen LogP contribution in [-0.2, 0) is 14.8 Å². The summed E-state index contributed by atoms with van der Waals surface area (Å²) in [5.74, 6) is -0.839. The lowest BCUT2D eigenvalue weighted by Crippen LogP contribution is -2.41. The Kier molecular flexibility index (Phi) is 5.25. The van der Waals surface area contributed by atoms with E-state index >= 15 is 0 Å². The maximum absolute atomic E-state index is 13.5. The zero-order valence-electron chi connectivity index (χ0n) is 11.4. The van der Waals surface area contributed by atoms with Crippen LogP contribution in [0.25, 0.3) is 0 Å². The lowest BCUT2D eigenvalue weighted by Gasteiger charge is -2.26. The van der Waals surface area contributed by atoms with E-state index in [1.807, 2.05) is 0 Å². The Balaban J connectivity index is 2.02. The van der Waals surface area contributed by atoms with Crippen LogP contribution in [0, 0.1) is 17.1 Å². The summed E-state index contributed by atoms with van der Waals surface area (Å²) in [6.07, 6.45) is 0. The van der Waals surface area contributed by atoms with Gasteiger partial charge in [0.1, 0.15) is 22.3 Å². The van der Waals surface area contributed by atoms with Crippen LogP contribution in [0.1, 0.15) is 5.56 Å². The average molecular weight is 313 g/mol. The molecule has 1 heterocycles. The van der Waals surface area contributed by atoms with Crippen molar-refractivity contribution in [3.8, 4) is 6.07 Å². The van der Waals surface area contributed by atoms with Gasteiger partial charge in [0.15, 0.2) is 0 Å². The van der Waals surface area contributed by atoms with Gasteiger partial charge in [0.05, 0.1) is 13.2 Å². The van der Waals surface area contributed by atoms with Crippen LogP contribution in [0.3, 0.4) is 0 Å². The number of morpholine rings is 1. The highest BCUT2D eigenvalue weighted by Crippen LogP contribution is 2.17. The fraction of sp³-hybridized carbons (Fsp3) is 0.462. The number of hydrogen-bond donors (Lipinski definition) is 1. The highest BCUT2D eigenvalue weighted by Gasteiger charge is 2.21. The molecule has 0 aromatic heterocycles. The third-order valence-corrected chi connectivity index (χ3v) is 4.70. The summed E-state index contributed by atoms with van der Waals surface area (Å²) in [7, 11) is -3.90. The second-order valence-electron chi connectivity index (χ2n) is 4.58. The Morgan fingerprint density at radius 3 is 2.76 bits per heavy atom. The molecular formula is C13H16FN3O3S. The van der Waals surface area contributed by atoms with Crippen molar-refractivity contribution in [3.05, 3.63) is 29.6 Å². The molecular weight excluding hydrogens is 297 g/mol. The maximum Gasteiger partial charge on any atom is 0.242 e. The molecule has 1 saturated heterocycles. The van der Waals surface area contributed by atoms with E-state index in [0.717, 1.165) is 19.2 Å². The predicted octanol–water partition coefficient (Wildman–Crippen LogP) is 0.308. The van der Waals surface area contributed by atoms with Gasteiger partial charge in [-0.3, -0.25) is 4.90 Å². The molecule has 1 fully saturated rings. The van der Waals surface area contributed by atoms with Crippen LogP contribution in [0.15, 0.2) is 23.1 Å². The summed E-state index contributed by atoms with van der Waals surface area (Å²) >= 11 is 0. The first kappa shape index (κ1) is 15.9. The Morgan fingerprint density at radius 2 is 2.10 bits per heavy atom. The van der Waals surface area contributed by atoms with Gasteiger partial charge in [-0.15, -0.1) is 0 Å². The quantitative estimate of drug-likeness (QED) is 0.846. The number of nitrogens with one attached hydrogen (secondary N) is 1. The summed E-state index contributed by atoms with van der Waals surface area (Å²) in [6.45, 7) is 3.52. The molecule has 0 spiro atoms. The fourth-order valence-corrected chi connectivity index (χ4v) is 3.26. The minimum absolute atomic E-state index is 0.198. The molecule has 2 rings (SSSR count). The van der Waals surface area contributed by atoms with Gasteiger partial charge in [-0.1, -0.05) is 6.07 Å². The van der Waals surface area contributed by atoms with Gasteiger partial charge in [0.2, 0.25) is 10.0 Å². The van der Waals surface area contributed by atoms with Crippen LogP contribution < -0.4 is 4.72 Å². The summed E-state index contributed by atoms with van der Waals surface area (Å²) in [5.41, 5.74) is -0.462. The first-order valence-corrected chi connectivity index (χ1v) is 8.01. The molecule has 1 aromatic carbocycles. The first-order valence-electron chi connectivity index (χ1n) is 6.53. The number of nitrogens with zero attached hydrogens (tertiary/aromatic N) is 2. The van der Waals surface area contributed by atoms with E-state index in [1.165, 1.54) is 12.1 Å². The molecule has 1 aliphatic heterocycles. The Labute approximate surface area is 123 Å². The van der Waals surface area contributed by atoms with Crippen LogP contribution in [0.5, 0.6) is 0 Å². The smallest absolute Gasteiger partial charge is 0.242 e. The number of benzene rings is 1. The van der Waals surface area contributed by atoms with Crippen molar-refractivity contribution < 1.29 is 17.5 Å². The largest absolute Gasteiger partial charge is 0.379 e. The predicted molar refractivity (Wildman–Crippen MR) is 73.6 cm³/mol. The first-order chi connectivity index (χ1) is 10.0. The molecule has 1 aliphatic rings. The van der Waals surface area contributed by atoms with Crippen LogP contribution in [0.4, 0.5) is 4.39 Å². The molecule has 114 valence electrons. The zero-order valence-corrected chi connectivity index (χ0v) is 12.2. The number of rotatable bonds is 5. The third kappa shape index (κ3) is 3.98. The minimum atomic E-state index is -3.90. The standard InChI is InChI=1S/C13H16FN3O3S/c14-12-2-1-3-13(11(12)10-15)21(18,19)16-4-5-17-6-8-20-9-7-17/h1-3,16H,4-9H2. The molecule has 0 bridgehead atoms. The number of nitriles is 1. The van der Waals surface area contributed by atoms with Crippen LogP contribution >= 0.6 is 0 Å². The van der Waals surface area contributed by atoms with Crippen molar-refractivity contribution in [1.29, 1.82) is 5.26 Å². The van der Waals surface area contributed by atoms with E-state index in [4.69, 9.17) is 10.00 Å². The van der Waals surface area contributed by atoms with Gasteiger partial charge in [-0.05, 0) is 12.1 Å². The van der Waals surface area contributed by atoms with Gasteiger partial charge in [0.25, 0.3) is 0 Å². The van der Waals surface area contributed by atoms with Gasteiger partial charge < -0.3 is 4.74 Å². The van der Waals surface area contributed by atoms with E-state index in [-0.39, 0.29) is 11.4 Å². The second kappa shape index (κ2) is 6.95. The molecule has 1 N–H and O–H groups in total. The molecule has 0 amide bonds. The van der Waals surface area contributed by atoms with Crippen LogP contribution in [0.2, 0.25) is 0 Å². The lowest BCUT2D eigenvalue weighted by atomic mass is 10.2. The number of hydrogen-bond acceptors (Lipinski definition) is 5. The Hall–Kier alpha value is -1.53. The molecule has 0 radical (unpaired) electrons. The highest BCUT2D eigenvalue weighted by molar-refractivity contribution is 7.89. The molecule has 6 nitrogen and oxygen atoms in total. The summed E-state index contributed by atoms with van der Waals surface area (Å²) in [6, 6.07) is 5.14. The monoisotopic (exact) mass is 313 g/mol. The van der Waals surface area contributed by atoms with Crippen molar-refractivity contribution in [2.45, 2.75) is 4.90 Å². The molecule has 1 aromatic rings. The van der Waals surface area contributed by atoms with E-state index in [0.29, 0.717) is 19.8 Å². The minimum Gasteiger partial charge on any atom is -0.379 e. The van der Waals surface area contributed by atoms with Gasteiger partial charge in [-0.2, -0.15) is 5.26 Å². The lowest BCUT2D eigenvalue weighted by molar-refractivity contribution is 0.0390. The van der Waals surface area contributed by atoms with Crippen molar-refractivity contribution in [2.75, 3.05) is 39.4 Å². The number of halogens is 1. The van der Waals surface area contributed by atoms with Crippen molar-refractivity contribution >= 4 is 10.0 Å². The van der Waals surface area contributed by atoms with Crippen molar-refractivity contribution in [1.82, 2.24) is 9.62 Å². The SMILES string of the molecule is N#Cc1c(F)cccc1S(=O)(=O)NCCN1CCOCC1. The average Bonchev–Trinajstić information content (AvgIpc) is 2.48. The fourth-order valence-electron chi connectivity index (χ4n) is 2.08. The Bertz CT molecular complexity index is 637. The molecule has 0 atom stereocenters. The maximum atomic E-state index is 13.5. The van der Waals surface area contributed by atoms with E-state index in [2.05, 4.69) is 9.62 Å². The highest BCUT2D eigenvalue weighted by atomic mass is 32.2. The number of ether oxygens (including phenoxy) is 1. The van der Waals surface area contributed by atoms with Gasteiger partial charge in [0, 0.05) is 26.2 Å². The summed E-state index contributed by atoms with van der Waals surface area (Å²) in [5, 5.41) is 8.89. The summed E-state index contributed by atoms with van der Waals surface area (Å²) in [4.78, 5) is 1.75. The third-order valence-electron chi connectivity index (χ3n) is 3.20. The van der Waals surface area contributed by atoms with Gasteiger partial charge >= 0.3 is 0 Å². The van der Waals surface area contributed by atoms with Crippen molar-refractivity contribution in [2.24, 2.45) is 0 Å². The molecule has 0 saturated carbocycles. The summed E-state index contributed by atoms with van der Waals surface area (Å²) < 4.78 is 45.3. The molecule has 0 unspecified atom stereocenters. The van der Waals surface area contributed by atoms with Crippen molar-refractivity contribution in [3.63, 3.8) is 0 Å². The topological polar surface area (TPSA) is 82.4 Å². The van der Waals surface area contributed by atoms with E-state index in [9.17, 15) is 12.8 Å². The molecule has 21 heavy (non-hydrogen) atoms. The van der Waals surface area contributed by atoms with E-state index in [1.54, 1.807) is 6.07 Å². The molecule has 8 heteroatoms. The second-order valence-corrected chi connectivity index (χ2v) is 6.31. The Morgan fingerprint density at radius 1 is 1.38 bits per heavy atom. The van der Waals surface area contributed by atoms with Gasteiger partial charge in [-0.25, -0.2) is 17.5 Å². The number of sulfonamides is 1. The van der Waals surface area contributed by atoms with E-state index < -0.39 is 21.4 Å². The molecule has 0 aliphatic carbocycles. The normalized spacial score (nSPS) is 16.6. The zero-order chi connectivity index (χ0) is 15.3.